The molecule has 7 nitrogen and oxygen atoms in total. The Kier molecular flexibility index (Phi) is 5.64. The number of aromatic nitrogens is 1. The predicted octanol–water partition coefficient (Wildman–Crippen LogP) is 2.78. The molecular formula is C23H28N2O5. The van der Waals surface area contributed by atoms with E-state index in [1.54, 1.807) is 4.90 Å². The first-order valence-electron chi connectivity index (χ1n) is 10.5. The lowest BCUT2D eigenvalue weighted by molar-refractivity contribution is -0.131. The molecule has 2 aromatic rings. The molecule has 2 aliphatic rings. The number of amides is 1. The molecule has 4 rings (SSSR count). The van der Waals surface area contributed by atoms with E-state index in [1.807, 2.05) is 24.3 Å². The normalized spacial score (nSPS) is 20.3. The van der Waals surface area contributed by atoms with Crippen molar-refractivity contribution < 1.29 is 24.0 Å². The second-order valence-corrected chi connectivity index (χ2v) is 9.07. The topological polar surface area (TPSA) is 92.9 Å². The van der Waals surface area contributed by atoms with E-state index in [-0.39, 0.29) is 23.5 Å². The number of hydrogen-bond donors (Lipinski definition) is 1. The fourth-order valence-corrected chi connectivity index (χ4v) is 4.23. The molecule has 0 bridgehead atoms. The van der Waals surface area contributed by atoms with Crippen molar-refractivity contribution >= 4 is 11.7 Å². The van der Waals surface area contributed by atoms with Crippen molar-refractivity contribution in [2.24, 2.45) is 5.41 Å². The van der Waals surface area contributed by atoms with Gasteiger partial charge in [-0.05, 0) is 36.0 Å². The molecule has 1 aliphatic carbocycles. The molecule has 1 aromatic carbocycles. The number of benzene rings is 1. The number of carbonyl (C=O) groups is 2. The summed E-state index contributed by atoms with van der Waals surface area (Å²) in [4.78, 5) is 26.3. The Hall–Kier alpha value is -2.67. The molecule has 1 aromatic heterocycles. The molecule has 1 saturated heterocycles. The third kappa shape index (κ3) is 4.56. The van der Waals surface area contributed by atoms with Crippen molar-refractivity contribution in [3.8, 4) is 5.75 Å². The molecule has 1 fully saturated rings. The summed E-state index contributed by atoms with van der Waals surface area (Å²) in [5.41, 5.74) is 2.34. The zero-order valence-corrected chi connectivity index (χ0v) is 17.5. The van der Waals surface area contributed by atoms with Gasteiger partial charge in [0.1, 0.15) is 5.75 Å². The highest BCUT2D eigenvalue weighted by molar-refractivity contribution is 5.99. The third-order valence-corrected chi connectivity index (χ3v) is 5.79. The van der Waals surface area contributed by atoms with Gasteiger partial charge in [-0.25, -0.2) is 0 Å². The number of nitrogens with zero attached hydrogens (tertiary/aromatic N) is 2. The maximum absolute atomic E-state index is 12.5. The maximum Gasteiger partial charge on any atom is 0.226 e. The number of Topliss-reactive ketones (excluding diaryl/α,β-unsaturated/α-hetero) is 1. The summed E-state index contributed by atoms with van der Waals surface area (Å²) in [6, 6.07) is 7.57. The first kappa shape index (κ1) is 20.6. The highest BCUT2D eigenvalue weighted by Crippen LogP contribution is 2.36. The molecular weight excluding hydrogens is 384 g/mol. The van der Waals surface area contributed by atoms with Crippen LogP contribution in [0.1, 0.15) is 60.5 Å². The van der Waals surface area contributed by atoms with Crippen LogP contribution in [0, 0.1) is 5.41 Å². The van der Waals surface area contributed by atoms with Crippen LogP contribution >= 0.6 is 0 Å². The quantitative estimate of drug-likeness (QED) is 0.784. The summed E-state index contributed by atoms with van der Waals surface area (Å²) in [7, 11) is 0. The highest BCUT2D eigenvalue weighted by Gasteiger charge is 2.36. The number of β-amino-alcohol motifs (C(OH)–C–C–N with tert-alkyl or cyclic N) is 1. The van der Waals surface area contributed by atoms with Crippen LogP contribution in [0.4, 0.5) is 0 Å². The number of fused-ring (bicyclic) bond motifs is 1. The maximum atomic E-state index is 12.5. The lowest BCUT2D eigenvalue weighted by Gasteiger charge is -2.26. The standard InChI is InChI=1S/C23H28N2O5/c1-23(2)12-18-22(19(27)13-23)20(30-24-18)11-15-3-5-17(6-4-15)29-10-8-21(28)25-9-7-16(26)14-25/h3-6,16,26H,7-14H2,1-2H3. The van der Waals surface area contributed by atoms with Gasteiger partial charge in [0.25, 0.3) is 0 Å². The summed E-state index contributed by atoms with van der Waals surface area (Å²) in [6.07, 6.45) is 2.29. The number of rotatable bonds is 6. The molecule has 1 aliphatic heterocycles. The van der Waals surface area contributed by atoms with Crippen LogP contribution in [-0.2, 0) is 17.6 Å². The second kappa shape index (κ2) is 8.22. The van der Waals surface area contributed by atoms with Gasteiger partial charge in [0, 0.05) is 25.9 Å². The minimum Gasteiger partial charge on any atom is -0.493 e. The van der Waals surface area contributed by atoms with Gasteiger partial charge in [-0.15, -0.1) is 0 Å². The molecule has 2 heterocycles. The number of ether oxygens (including phenoxy) is 1. The first-order chi connectivity index (χ1) is 14.3. The van der Waals surface area contributed by atoms with E-state index in [9.17, 15) is 14.7 Å². The van der Waals surface area contributed by atoms with Crippen molar-refractivity contribution in [2.45, 2.75) is 52.1 Å². The van der Waals surface area contributed by atoms with Crippen LogP contribution in [-0.4, -0.2) is 52.7 Å². The zero-order chi connectivity index (χ0) is 21.3. The minimum atomic E-state index is -0.404. The van der Waals surface area contributed by atoms with E-state index < -0.39 is 6.10 Å². The third-order valence-electron chi connectivity index (χ3n) is 5.79. The van der Waals surface area contributed by atoms with E-state index in [0.717, 1.165) is 17.7 Å². The molecule has 0 saturated carbocycles. The summed E-state index contributed by atoms with van der Waals surface area (Å²) >= 11 is 0. The Morgan fingerprint density at radius 2 is 2.07 bits per heavy atom. The summed E-state index contributed by atoms with van der Waals surface area (Å²) < 4.78 is 11.2. The number of likely N-dealkylation sites (tertiary alicyclic amines) is 1. The van der Waals surface area contributed by atoms with E-state index in [4.69, 9.17) is 9.26 Å². The van der Waals surface area contributed by atoms with Crippen LogP contribution in [0.3, 0.4) is 0 Å². The molecule has 160 valence electrons. The van der Waals surface area contributed by atoms with Gasteiger partial charge in [-0.2, -0.15) is 0 Å². The van der Waals surface area contributed by atoms with E-state index in [2.05, 4.69) is 19.0 Å². The zero-order valence-electron chi connectivity index (χ0n) is 17.5. The lowest BCUT2D eigenvalue weighted by Crippen LogP contribution is -2.30. The Morgan fingerprint density at radius 3 is 2.77 bits per heavy atom. The fourth-order valence-electron chi connectivity index (χ4n) is 4.23. The van der Waals surface area contributed by atoms with Crippen molar-refractivity contribution in [1.29, 1.82) is 0 Å². The van der Waals surface area contributed by atoms with Gasteiger partial charge in [-0.3, -0.25) is 9.59 Å². The van der Waals surface area contributed by atoms with Crippen LogP contribution < -0.4 is 4.74 Å². The molecule has 7 heteroatoms. The van der Waals surface area contributed by atoms with Crippen molar-refractivity contribution in [2.75, 3.05) is 19.7 Å². The summed E-state index contributed by atoms with van der Waals surface area (Å²) in [5.74, 6) is 1.42. The molecule has 0 spiro atoms. The van der Waals surface area contributed by atoms with Crippen LogP contribution in [0.5, 0.6) is 5.75 Å². The highest BCUT2D eigenvalue weighted by atomic mass is 16.5. The van der Waals surface area contributed by atoms with Crippen molar-refractivity contribution in [3.05, 3.63) is 46.8 Å². The number of ketones is 1. The Morgan fingerprint density at radius 1 is 1.30 bits per heavy atom. The first-order valence-corrected chi connectivity index (χ1v) is 10.5. The monoisotopic (exact) mass is 412 g/mol. The van der Waals surface area contributed by atoms with E-state index in [1.165, 1.54) is 0 Å². The van der Waals surface area contributed by atoms with Crippen molar-refractivity contribution in [1.82, 2.24) is 10.1 Å². The van der Waals surface area contributed by atoms with Crippen LogP contribution in [0.2, 0.25) is 0 Å². The van der Waals surface area contributed by atoms with Gasteiger partial charge in [0.2, 0.25) is 5.91 Å². The Labute approximate surface area is 176 Å². The van der Waals surface area contributed by atoms with Gasteiger partial charge < -0.3 is 19.3 Å². The van der Waals surface area contributed by atoms with Gasteiger partial charge in [0.15, 0.2) is 11.5 Å². The summed E-state index contributed by atoms with van der Waals surface area (Å²) in [5, 5.41) is 13.7. The van der Waals surface area contributed by atoms with Gasteiger partial charge in [-0.1, -0.05) is 31.1 Å². The fraction of sp³-hybridized carbons (Fsp3) is 0.522. The SMILES string of the molecule is CC1(C)CC(=O)c2c(noc2Cc2ccc(OCCC(=O)N3CCC(O)C3)cc2)C1. The van der Waals surface area contributed by atoms with Crippen LogP contribution in [0.15, 0.2) is 28.8 Å². The Bertz CT molecular complexity index is 932. The molecule has 30 heavy (non-hydrogen) atoms. The lowest BCUT2D eigenvalue weighted by atomic mass is 9.75. The van der Waals surface area contributed by atoms with Gasteiger partial charge in [0.05, 0.1) is 30.4 Å². The number of carbonyl (C=O) groups excluding carboxylic acids is 2. The number of aliphatic hydroxyl groups is 1. The number of hydrogen-bond acceptors (Lipinski definition) is 6. The van der Waals surface area contributed by atoms with Crippen molar-refractivity contribution in [3.63, 3.8) is 0 Å². The average Bonchev–Trinajstić information content (AvgIpc) is 3.28. The smallest absolute Gasteiger partial charge is 0.226 e. The number of aliphatic hydroxyl groups excluding tert-OH is 1. The van der Waals surface area contributed by atoms with E-state index in [0.29, 0.717) is 56.0 Å². The predicted molar refractivity (Wildman–Crippen MR) is 109 cm³/mol. The molecule has 1 atom stereocenters. The minimum absolute atomic E-state index is 0.00566. The molecule has 1 unspecified atom stereocenters. The Balaban J connectivity index is 1.31. The molecule has 1 N–H and O–H groups in total. The van der Waals surface area contributed by atoms with E-state index >= 15 is 0 Å². The summed E-state index contributed by atoms with van der Waals surface area (Å²) in [6.45, 7) is 5.47. The molecule has 1 amide bonds. The average molecular weight is 412 g/mol. The second-order valence-electron chi connectivity index (χ2n) is 9.07. The molecule has 0 radical (unpaired) electrons. The van der Waals surface area contributed by atoms with Crippen LogP contribution in [0.25, 0.3) is 0 Å². The van der Waals surface area contributed by atoms with Gasteiger partial charge >= 0.3 is 0 Å². The largest absolute Gasteiger partial charge is 0.493 e.